The van der Waals surface area contributed by atoms with Crippen LogP contribution in [-0.4, -0.2) is 41.9 Å². The molecule has 0 aliphatic carbocycles. The number of carboxylic acids is 1. The molecule has 2 N–H and O–H groups in total. The van der Waals surface area contributed by atoms with E-state index >= 15 is 0 Å². The van der Waals surface area contributed by atoms with E-state index in [-0.39, 0.29) is 12.5 Å². The van der Waals surface area contributed by atoms with Crippen LogP contribution in [0.3, 0.4) is 0 Å². The Labute approximate surface area is 105 Å². The Bertz CT molecular complexity index is 420. The zero-order chi connectivity index (χ0) is 13.1. The number of carbonyl (C=O) groups is 2. The zero-order valence-electron chi connectivity index (χ0n) is 10.3. The summed E-state index contributed by atoms with van der Waals surface area (Å²) in [6, 6.07) is 7.47. The maximum atomic E-state index is 11.6. The van der Waals surface area contributed by atoms with Crippen molar-refractivity contribution in [1.82, 2.24) is 5.32 Å². The summed E-state index contributed by atoms with van der Waals surface area (Å²) in [5, 5.41) is 10.8. The van der Waals surface area contributed by atoms with Crippen molar-refractivity contribution in [3.63, 3.8) is 0 Å². The van der Waals surface area contributed by atoms with Gasteiger partial charge in [-0.25, -0.2) is 0 Å². The molecule has 0 aromatic heterocycles. The minimum atomic E-state index is -2.07. The molecule has 0 radical (unpaired) electrons. The van der Waals surface area contributed by atoms with Crippen LogP contribution in [0.25, 0.3) is 0 Å². The number of amides is 1. The van der Waals surface area contributed by atoms with Crippen LogP contribution < -0.4 is 8.90 Å². The summed E-state index contributed by atoms with van der Waals surface area (Å²) in [6.07, 6.45) is 0. The first kappa shape index (κ1) is 14.0. The number of benzene rings is 1. The third-order valence-corrected chi connectivity index (χ3v) is 8.31. The molecule has 0 aliphatic rings. The third kappa shape index (κ3) is 4.38. The summed E-state index contributed by atoms with van der Waals surface area (Å²) in [7, 11) is 0. The van der Waals surface area contributed by atoms with Gasteiger partial charge in [0.2, 0.25) is 0 Å². The molecule has 92 valence electrons. The molecule has 1 rings (SSSR count). The minimum absolute atomic E-state index is 0.344. The van der Waals surface area contributed by atoms with Crippen LogP contribution in [0.15, 0.2) is 24.3 Å². The van der Waals surface area contributed by atoms with Gasteiger partial charge < -0.3 is 0 Å². The molecule has 0 aliphatic heterocycles. The Hall–Kier alpha value is -1.04. The van der Waals surface area contributed by atoms with Crippen molar-refractivity contribution in [3.8, 4) is 0 Å². The van der Waals surface area contributed by atoms with Crippen molar-refractivity contribution < 1.29 is 14.7 Å². The molecule has 0 atom stereocenters. The van der Waals surface area contributed by atoms with Gasteiger partial charge in [-0.3, -0.25) is 0 Å². The summed E-state index contributed by atoms with van der Waals surface area (Å²) in [5.41, 5.74) is 0.505. The quantitative estimate of drug-likeness (QED) is 0.804. The van der Waals surface area contributed by atoms with E-state index < -0.39 is 24.3 Å². The number of carbonyl (C=O) groups excluding carboxylic acids is 1. The Morgan fingerprint density at radius 2 is 1.71 bits per heavy atom. The molecule has 5 heteroatoms. The number of hydrogen-bond acceptors (Lipinski definition) is 2. The van der Waals surface area contributed by atoms with Crippen molar-refractivity contribution in [3.05, 3.63) is 29.8 Å². The molecule has 1 aromatic rings. The standard InChI is InChI=1S/C9H8NO3.3CH3.Sn/c11-8(12)6-10-9(13)7-4-2-1-3-5-7;;;;/h2-5H,6H2,(H,10,13)(H,11,12);3*1H3;. The molecule has 0 saturated heterocycles. The summed E-state index contributed by atoms with van der Waals surface area (Å²) in [5.74, 6) is -1.39. The van der Waals surface area contributed by atoms with Gasteiger partial charge in [-0.05, 0) is 0 Å². The van der Waals surface area contributed by atoms with Crippen molar-refractivity contribution in [2.75, 3.05) is 6.54 Å². The van der Waals surface area contributed by atoms with Crippen LogP contribution in [0.2, 0.25) is 14.8 Å². The Balaban J connectivity index is 2.74. The third-order valence-electron chi connectivity index (χ3n) is 2.41. The molecule has 0 unspecified atom stereocenters. The summed E-state index contributed by atoms with van der Waals surface area (Å²) < 4.78 is 1.34. The first-order valence-electron chi connectivity index (χ1n) is 5.41. The van der Waals surface area contributed by atoms with Gasteiger partial charge in [-0.1, -0.05) is 0 Å². The number of nitrogens with one attached hydrogen (secondary N) is 1. The fourth-order valence-corrected chi connectivity index (χ4v) is 4.71. The van der Waals surface area contributed by atoms with Crippen LogP contribution in [0.4, 0.5) is 0 Å². The summed E-state index contributed by atoms with van der Waals surface area (Å²) >= 11 is -2.07. The fraction of sp³-hybridized carbons (Fsp3) is 0.333. The molecular weight excluding hydrogens is 325 g/mol. The summed E-state index contributed by atoms with van der Waals surface area (Å²) in [4.78, 5) is 28.8. The molecular formula is C12H17NO3Sn. The van der Waals surface area contributed by atoms with Gasteiger partial charge in [0.25, 0.3) is 0 Å². The predicted octanol–water partition coefficient (Wildman–Crippen LogP) is 1.05. The Morgan fingerprint density at radius 1 is 1.18 bits per heavy atom. The van der Waals surface area contributed by atoms with Crippen LogP contribution in [0, 0.1) is 0 Å². The van der Waals surface area contributed by atoms with E-state index in [0.29, 0.717) is 5.56 Å². The van der Waals surface area contributed by atoms with E-state index in [1.165, 1.54) is 3.58 Å². The molecule has 0 saturated carbocycles. The van der Waals surface area contributed by atoms with E-state index in [4.69, 9.17) is 5.11 Å². The van der Waals surface area contributed by atoms with Gasteiger partial charge in [0, 0.05) is 0 Å². The SMILES string of the molecule is [CH3][Sn]([CH3])([CH3])[c]1ccc(C(=O)NCC(=O)O)cc1. The molecule has 0 spiro atoms. The van der Waals surface area contributed by atoms with Crippen LogP contribution in [0.5, 0.6) is 0 Å². The normalized spacial score (nSPS) is 11.0. The Kier molecular flexibility index (Phi) is 4.56. The fourth-order valence-electron chi connectivity index (χ4n) is 1.38. The van der Waals surface area contributed by atoms with E-state index in [0.717, 1.165) is 0 Å². The monoisotopic (exact) mass is 343 g/mol. The van der Waals surface area contributed by atoms with E-state index in [1.807, 2.05) is 12.1 Å². The van der Waals surface area contributed by atoms with Crippen molar-refractivity contribution >= 4 is 33.8 Å². The predicted molar refractivity (Wildman–Crippen MR) is 69.4 cm³/mol. The van der Waals surface area contributed by atoms with E-state index in [2.05, 4.69) is 20.1 Å². The molecule has 4 nitrogen and oxygen atoms in total. The van der Waals surface area contributed by atoms with Gasteiger partial charge in [0.05, 0.1) is 0 Å². The number of hydrogen-bond donors (Lipinski definition) is 2. The van der Waals surface area contributed by atoms with Crippen molar-refractivity contribution in [2.24, 2.45) is 0 Å². The maximum absolute atomic E-state index is 11.6. The number of rotatable bonds is 4. The second-order valence-electron chi connectivity index (χ2n) is 4.90. The molecule has 0 heterocycles. The summed E-state index contributed by atoms with van der Waals surface area (Å²) in [6.45, 7) is -0.348. The zero-order valence-corrected chi connectivity index (χ0v) is 13.1. The second-order valence-corrected chi connectivity index (χ2v) is 19.4. The van der Waals surface area contributed by atoms with E-state index in [9.17, 15) is 9.59 Å². The van der Waals surface area contributed by atoms with Gasteiger partial charge in [0.1, 0.15) is 0 Å². The average Bonchev–Trinajstić information content (AvgIpc) is 2.25. The molecule has 1 aromatic carbocycles. The van der Waals surface area contributed by atoms with Gasteiger partial charge in [0.15, 0.2) is 0 Å². The first-order valence-corrected chi connectivity index (χ1v) is 15.4. The van der Waals surface area contributed by atoms with Gasteiger partial charge >= 0.3 is 105 Å². The number of carboxylic acid groups (broad SMARTS) is 1. The van der Waals surface area contributed by atoms with Crippen LogP contribution in [-0.2, 0) is 4.79 Å². The van der Waals surface area contributed by atoms with Crippen LogP contribution >= 0.6 is 0 Å². The van der Waals surface area contributed by atoms with Gasteiger partial charge in [-0.2, -0.15) is 0 Å². The molecule has 1 amide bonds. The topological polar surface area (TPSA) is 66.4 Å². The van der Waals surface area contributed by atoms with E-state index in [1.54, 1.807) is 12.1 Å². The van der Waals surface area contributed by atoms with Crippen LogP contribution in [0.1, 0.15) is 10.4 Å². The average molecular weight is 342 g/mol. The van der Waals surface area contributed by atoms with Gasteiger partial charge in [-0.15, -0.1) is 0 Å². The molecule has 0 fully saturated rings. The molecule has 17 heavy (non-hydrogen) atoms. The van der Waals surface area contributed by atoms with Crippen molar-refractivity contribution in [2.45, 2.75) is 14.8 Å². The molecule has 0 bridgehead atoms. The van der Waals surface area contributed by atoms with Crippen molar-refractivity contribution in [1.29, 1.82) is 0 Å². The first-order chi connectivity index (χ1) is 7.80. The Morgan fingerprint density at radius 3 is 2.12 bits per heavy atom. The number of aliphatic carboxylic acids is 1. The second kappa shape index (κ2) is 5.53.